The molecule has 0 radical (unpaired) electrons. The Labute approximate surface area is 241 Å². The number of halogens is 4. The van der Waals surface area contributed by atoms with Crippen LogP contribution >= 0.6 is 0 Å². The van der Waals surface area contributed by atoms with Crippen molar-refractivity contribution >= 4 is 23.0 Å². The topological polar surface area (TPSA) is 59.8 Å². The van der Waals surface area contributed by atoms with Gasteiger partial charge < -0.3 is 23.7 Å². The van der Waals surface area contributed by atoms with E-state index in [9.17, 15) is 18.0 Å². The molecule has 0 atom stereocenters. The number of hydrogen-bond acceptors (Lipinski definition) is 6. The predicted octanol–water partition coefficient (Wildman–Crippen LogP) is 6.19. The first-order valence-electron chi connectivity index (χ1n) is 13.9. The van der Waals surface area contributed by atoms with Gasteiger partial charge in [0.15, 0.2) is 0 Å². The van der Waals surface area contributed by atoms with Crippen LogP contribution in [0.3, 0.4) is 0 Å². The molecule has 42 heavy (non-hydrogen) atoms. The van der Waals surface area contributed by atoms with Gasteiger partial charge in [0.1, 0.15) is 36.0 Å². The van der Waals surface area contributed by atoms with Crippen molar-refractivity contribution in [1.29, 1.82) is 0 Å². The van der Waals surface area contributed by atoms with E-state index in [4.69, 9.17) is 4.74 Å². The summed E-state index contributed by atoms with van der Waals surface area (Å²) in [6, 6.07) is 18.1. The molecule has 2 heterocycles. The van der Waals surface area contributed by atoms with Crippen LogP contribution in [0.4, 0.5) is 23.2 Å². The number of aromatic nitrogens is 2. The third kappa shape index (κ3) is 7.58. The predicted molar refractivity (Wildman–Crippen MR) is 151 cm³/mol. The first-order chi connectivity index (χ1) is 20.3. The molecule has 0 unspecified atom stereocenters. The summed E-state index contributed by atoms with van der Waals surface area (Å²) in [5, 5.41) is 0. The molecule has 1 aliphatic rings. The Morgan fingerprint density at radius 3 is 2.33 bits per heavy atom. The lowest BCUT2D eigenvalue weighted by Crippen LogP contribution is -2.46. The summed E-state index contributed by atoms with van der Waals surface area (Å²) in [6.07, 6.45) is -1.43. The third-order valence-corrected chi connectivity index (χ3v) is 7.26. The van der Waals surface area contributed by atoms with E-state index in [1.807, 2.05) is 39.8 Å². The number of carbonyl (C=O) groups is 1. The number of piperazine rings is 1. The smallest absolute Gasteiger partial charge is 0.486 e. The highest BCUT2D eigenvalue weighted by atomic mass is 19.4. The Balaban J connectivity index is 1.39. The van der Waals surface area contributed by atoms with Crippen molar-refractivity contribution in [3.8, 4) is 11.5 Å². The Morgan fingerprint density at radius 1 is 0.905 bits per heavy atom. The zero-order chi connectivity index (χ0) is 29.5. The van der Waals surface area contributed by atoms with Crippen molar-refractivity contribution in [3.63, 3.8) is 0 Å². The van der Waals surface area contributed by atoms with Crippen LogP contribution in [0.1, 0.15) is 30.7 Å². The van der Waals surface area contributed by atoms with Crippen LogP contribution in [0.5, 0.6) is 11.5 Å². The number of imidazole rings is 1. The molecule has 4 aromatic rings. The van der Waals surface area contributed by atoms with E-state index >= 15 is 4.39 Å². The highest BCUT2D eigenvalue weighted by Gasteiger charge is 2.31. The van der Waals surface area contributed by atoms with Gasteiger partial charge in [-0.15, -0.1) is 13.2 Å². The van der Waals surface area contributed by atoms with Gasteiger partial charge in [-0.25, -0.2) is 9.37 Å². The molecule has 7 nitrogen and oxygen atoms in total. The van der Waals surface area contributed by atoms with Crippen LogP contribution in [0, 0.1) is 5.82 Å². The van der Waals surface area contributed by atoms with Gasteiger partial charge in [0.05, 0.1) is 16.7 Å². The fraction of sp³-hybridized carbons (Fsp3) is 0.355. The summed E-state index contributed by atoms with van der Waals surface area (Å²) in [5.41, 5.74) is 2.37. The molecule has 0 aliphatic carbocycles. The van der Waals surface area contributed by atoms with Crippen LogP contribution in [-0.2, 0) is 17.9 Å². The first kappa shape index (κ1) is 29.4. The van der Waals surface area contributed by atoms with Gasteiger partial charge in [-0.3, -0.25) is 4.90 Å². The Hall–Kier alpha value is -4.12. The Morgan fingerprint density at radius 2 is 1.64 bits per heavy atom. The highest BCUT2D eigenvalue weighted by Crippen LogP contribution is 2.30. The molecule has 5 rings (SSSR count). The molecule has 0 spiro atoms. The molecule has 11 heteroatoms. The molecule has 1 aliphatic heterocycles. The minimum absolute atomic E-state index is 0.119. The van der Waals surface area contributed by atoms with Gasteiger partial charge in [0.25, 0.3) is 0 Å². The normalized spacial score (nSPS) is 14.3. The maximum atomic E-state index is 15.4. The molecule has 0 bridgehead atoms. The van der Waals surface area contributed by atoms with E-state index in [0.29, 0.717) is 47.8 Å². The minimum atomic E-state index is -4.77. The number of benzene rings is 3. The second kappa shape index (κ2) is 13.2. The SMILES string of the molecule is O=CCCCCN1CCN(c2cc3c(cc2F)nc(COc2ccccc2)n3Cc2ccc(OC(F)(F)F)cc2)CC1. The monoisotopic (exact) mass is 584 g/mol. The summed E-state index contributed by atoms with van der Waals surface area (Å²) in [7, 11) is 0. The maximum Gasteiger partial charge on any atom is 0.573 e. The molecule has 222 valence electrons. The molecular weight excluding hydrogens is 552 g/mol. The summed E-state index contributed by atoms with van der Waals surface area (Å²) in [6.45, 7) is 4.22. The Bertz CT molecular complexity index is 1470. The van der Waals surface area contributed by atoms with E-state index in [1.54, 1.807) is 18.2 Å². The lowest BCUT2D eigenvalue weighted by Gasteiger charge is -2.36. The fourth-order valence-electron chi connectivity index (χ4n) is 5.13. The quantitative estimate of drug-likeness (QED) is 0.112. The van der Waals surface area contributed by atoms with Crippen molar-refractivity contribution in [3.05, 3.63) is 83.9 Å². The number of hydrogen-bond donors (Lipinski definition) is 0. The summed E-state index contributed by atoms with van der Waals surface area (Å²) >= 11 is 0. The molecule has 0 saturated carbocycles. The number of aldehydes is 1. The van der Waals surface area contributed by atoms with Crippen molar-refractivity contribution in [2.24, 2.45) is 0 Å². The number of para-hydroxylation sites is 1. The zero-order valence-electron chi connectivity index (χ0n) is 23.0. The highest BCUT2D eigenvalue weighted by molar-refractivity contribution is 5.81. The first-order valence-corrected chi connectivity index (χ1v) is 13.9. The van der Waals surface area contributed by atoms with Crippen molar-refractivity contribution in [1.82, 2.24) is 14.5 Å². The third-order valence-electron chi connectivity index (χ3n) is 7.26. The molecular formula is C31H32F4N4O3. The van der Waals surface area contributed by atoms with Crippen molar-refractivity contribution in [2.45, 2.75) is 38.8 Å². The molecule has 0 N–H and O–H groups in total. The van der Waals surface area contributed by atoms with E-state index in [0.717, 1.165) is 44.3 Å². The number of carbonyl (C=O) groups excluding carboxylic acids is 1. The number of nitrogens with zero attached hydrogens (tertiary/aromatic N) is 4. The van der Waals surface area contributed by atoms with E-state index in [-0.39, 0.29) is 24.7 Å². The van der Waals surface area contributed by atoms with Gasteiger partial charge in [-0.2, -0.15) is 0 Å². The number of fused-ring (bicyclic) bond motifs is 1. The number of ether oxygens (including phenoxy) is 2. The van der Waals surface area contributed by atoms with Crippen LogP contribution < -0.4 is 14.4 Å². The van der Waals surface area contributed by atoms with Gasteiger partial charge in [-0.05, 0) is 55.3 Å². The van der Waals surface area contributed by atoms with E-state index < -0.39 is 6.36 Å². The van der Waals surface area contributed by atoms with E-state index in [2.05, 4.69) is 14.6 Å². The summed E-state index contributed by atoms with van der Waals surface area (Å²) in [4.78, 5) is 19.6. The standard InChI is InChI=1S/C31H32F4N4O3/c32-26-19-27-29(20-28(26)38-16-14-37(15-17-38)13-5-2-6-18-40)39(30(36-27)22-41-24-7-3-1-4-8-24)21-23-9-11-25(12-10-23)42-31(33,34)35/h1,3-4,7-12,18-20H,2,5-6,13-17,21-22H2. The number of unbranched alkanes of at least 4 members (excludes halogenated alkanes) is 2. The summed E-state index contributed by atoms with van der Waals surface area (Å²) < 4.78 is 65.2. The summed E-state index contributed by atoms with van der Waals surface area (Å²) in [5.74, 6) is 0.541. The second-order valence-electron chi connectivity index (χ2n) is 10.2. The van der Waals surface area contributed by atoms with Crippen LogP contribution in [0.2, 0.25) is 0 Å². The minimum Gasteiger partial charge on any atom is -0.486 e. The largest absolute Gasteiger partial charge is 0.573 e. The van der Waals surface area contributed by atoms with Gasteiger partial charge in [-0.1, -0.05) is 30.3 Å². The molecule has 1 fully saturated rings. The Kier molecular flexibility index (Phi) is 9.26. The lowest BCUT2D eigenvalue weighted by atomic mass is 10.2. The molecule has 0 amide bonds. The molecule has 3 aromatic carbocycles. The number of rotatable bonds is 12. The zero-order valence-corrected chi connectivity index (χ0v) is 23.0. The van der Waals surface area contributed by atoms with Crippen molar-refractivity contribution in [2.75, 3.05) is 37.6 Å². The average molecular weight is 585 g/mol. The fourth-order valence-corrected chi connectivity index (χ4v) is 5.13. The number of alkyl halides is 3. The molecule has 1 aromatic heterocycles. The van der Waals surface area contributed by atoms with Crippen LogP contribution in [0.25, 0.3) is 11.0 Å². The maximum absolute atomic E-state index is 15.4. The van der Waals surface area contributed by atoms with Gasteiger partial charge in [0.2, 0.25) is 0 Å². The second-order valence-corrected chi connectivity index (χ2v) is 10.2. The lowest BCUT2D eigenvalue weighted by molar-refractivity contribution is -0.274. The van der Waals surface area contributed by atoms with Crippen molar-refractivity contribution < 1.29 is 31.8 Å². The average Bonchev–Trinajstić information content (AvgIpc) is 3.30. The van der Waals surface area contributed by atoms with Gasteiger partial charge in [0, 0.05) is 45.2 Å². The van der Waals surface area contributed by atoms with Crippen LogP contribution in [-0.4, -0.2) is 59.8 Å². The van der Waals surface area contributed by atoms with E-state index in [1.165, 1.54) is 18.2 Å². The molecule has 1 saturated heterocycles. The number of anilines is 1. The van der Waals surface area contributed by atoms with Gasteiger partial charge >= 0.3 is 6.36 Å². The van der Waals surface area contributed by atoms with Crippen LogP contribution in [0.15, 0.2) is 66.7 Å².